The highest BCUT2D eigenvalue weighted by molar-refractivity contribution is 5.94. The quantitative estimate of drug-likeness (QED) is 0.140. The Balaban J connectivity index is 2.23. The van der Waals surface area contributed by atoms with Crippen LogP contribution < -0.4 is 22.1 Å². The fourth-order valence-electron chi connectivity index (χ4n) is 4.28. The van der Waals surface area contributed by atoms with E-state index >= 15 is 0 Å². The van der Waals surface area contributed by atoms with Crippen molar-refractivity contribution in [3.8, 4) is 5.75 Å². The lowest BCUT2D eigenvalue weighted by Crippen LogP contribution is -2.57. The van der Waals surface area contributed by atoms with Gasteiger partial charge in [-0.15, -0.1) is 0 Å². The normalized spacial score (nSPS) is 17.3. The maximum absolute atomic E-state index is 13.4. The fourth-order valence-corrected chi connectivity index (χ4v) is 4.28. The molecule has 1 aromatic carbocycles. The van der Waals surface area contributed by atoms with E-state index in [2.05, 4.69) is 10.6 Å². The number of carbonyl (C=O) groups is 5. The van der Waals surface area contributed by atoms with E-state index < -0.39 is 53.8 Å². The van der Waals surface area contributed by atoms with Crippen molar-refractivity contribution in [1.29, 1.82) is 0 Å². The topological polar surface area (TPSA) is 225 Å². The van der Waals surface area contributed by atoms with Crippen LogP contribution in [0, 0.1) is 0 Å². The van der Waals surface area contributed by atoms with Crippen molar-refractivity contribution in [2.75, 3.05) is 13.1 Å². The maximum atomic E-state index is 13.4. The Kier molecular flexibility index (Phi) is 12.0. The van der Waals surface area contributed by atoms with Gasteiger partial charge in [-0.1, -0.05) is 12.1 Å². The minimum atomic E-state index is -1.18. The highest BCUT2D eigenvalue weighted by Gasteiger charge is 2.38. The molecule has 9 N–H and O–H groups in total. The molecule has 4 atom stereocenters. The summed E-state index contributed by atoms with van der Waals surface area (Å²) in [7, 11) is 0. The average Bonchev–Trinajstić information content (AvgIpc) is 3.37. The third kappa shape index (κ3) is 9.30. The van der Waals surface area contributed by atoms with E-state index in [-0.39, 0.29) is 38.0 Å². The summed E-state index contributed by atoms with van der Waals surface area (Å²) in [5.74, 6) is -4.16. The standard InChI is InChI=1S/C25H37N5O8/c26-12-2-1-4-18(24(36)30-13-3-5-20(30)25(37)38)28-23(35)19(14-15-6-8-16(31)9-7-15)29-22(34)17(27)10-11-21(32)33/h6-9,17-20,31H,1-5,10-14,26-27H2,(H,28,35)(H,29,34)(H,32,33)(H,37,38). The van der Waals surface area contributed by atoms with Crippen LogP contribution >= 0.6 is 0 Å². The largest absolute Gasteiger partial charge is 0.508 e. The SMILES string of the molecule is NCCCCC(NC(=O)C(Cc1ccc(O)cc1)NC(=O)C(N)CCC(=O)O)C(=O)N1CCCC1C(=O)O. The van der Waals surface area contributed by atoms with Crippen LogP contribution in [0.1, 0.15) is 50.5 Å². The van der Waals surface area contributed by atoms with Crippen molar-refractivity contribution in [2.24, 2.45) is 11.5 Å². The van der Waals surface area contributed by atoms with Gasteiger partial charge in [0.2, 0.25) is 17.7 Å². The van der Waals surface area contributed by atoms with Crippen LogP contribution in [0.5, 0.6) is 5.75 Å². The smallest absolute Gasteiger partial charge is 0.326 e. The van der Waals surface area contributed by atoms with E-state index in [1.165, 1.54) is 17.0 Å². The minimum Gasteiger partial charge on any atom is -0.508 e. The number of carbonyl (C=O) groups excluding carboxylic acids is 3. The molecule has 0 aliphatic carbocycles. The average molecular weight is 536 g/mol. The molecule has 0 radical (unpaired) electrons. The molecule has 1 aliphatic heterocycles. The number of nitrogens with two attached hydrogens (primary N) is 2. The lowest BCUT2D eigenvalue weighted by atomic mass is 10.0. The zero-order valence-electron chi connectivity index (χ0n) is 21.2. The number of phenolic OH excluding ortho intramolecular Hbond substituents is 1. The zero-order valence-corrected chi connectivity index (χ0v) is 21.2. The Morgan fingerprint density at radius 2 is 1.63 bits per heavy atom. The number of hydrogen-bond donors (Lipinski definition) is 7. The number of carboxylic acid groups (broad SMARTS) is 2. The second-order valence-corrected chi connectivity index (χ2v) is 9.34. The number of likely N-dealkylation sites (tertiary alicyclic amines) is 1. The Hall–Kier alpha value is -3.71. The first-order chi connectivity index (χ1) is 18.0. The van der Waals surface area contributed by atoms with Crippen LogP contribution in [0.2, 0.25) is 0 Å². The molecule has 210 valence electrons. The first-order valence-corrected chi connectivity index (χ1v) is 12.6. The van der Waals surface area contributed by atoms with E-state index in [4.69, 9.17) is 16.6 Å². The first-order valence-electron chi connectivity index (χ1n) is 12.6. The Morgan fingerprint density at radius 1 is 0.974 bits per heavy atom. The van der Waals surface area contributed by atoms with Gasteiger partial charge >= 0.3 is 11.9 Å². The van der Waals surface area contributed by atoms with Gasteiger partial charge in [-0.25, -0.2) is 4.79 Å². The lowest BCUT2D eigenvalue weighted by molar-refractivity contribution is -0.149. The third-order valence-corrected chi connectivity index (χ3v) is 6.40. The molecule has 1 saturated heterocycles. The summed E-state index contributed by atoms with van der Waals surface area (Å²) in [6, 6.07) is 1.61. The van der Waals surface area contributed by atoms with Gasteiger partial charge in [0.1, 0.15) is 23.9 Å². The number of nitrogens with zero attached hydrogens (tertiary/aromatic N) is 1. The van der Waals surface area contributed by atoms with Crippen molar-refractivity contribution in [3.05, 3.63) is 29.8 Å². The van der Waals surface area contributed by atoms with Crippen molar-refractivity contribution < 1.29 is 39.3 Å². The van der Waals surface area contributed by atoms with E-state index in [1.54, 1.807) is 12.1 Å². The molecule has 1 heterocycles. The summed E-state index contributed by atoms with van der Waals surface area (Å²) in [4.78, 5) is 63.1. The number of amides is 3. The monoisotopic (exact) mass is 535 g/mol. The maximum Gasteiger partial charge on any atom is 0.326 e. The predicted molar refractivity (Wildman–Crippen MR) is 136 cm³/mol. The summed E-state index contributed by atoms with van der Waals surface area (Å²) in [6.07, 6.45) is 1.69. The van der Waals surface area contributed by atoms with E-state index in [1.807, 2.05) is 0 Å². The summed E-state index contributed by atoms with van der Waals surface area (Å²) in [5, 5.41) is 33.1. The van der Waals surface area contributed by atoms with Crippen LogP contribution in [-0.4, -0.2) is 87.1 Å². The van der Waals surface area contributed by atoms with Crippen LogP contribution in [-0.2, 0) is 30.4 Å². The van der Waals surface area contributed by atoms with E-state index in [0.717, 1.165) is 0 Å². The van der Waals surface area contributed by atoms with Crippen LogP contribution in [0.15, 0.2) is 24.3 Å². The van der Waals surface area contributed by atoms with E-state index in [0.29, 0.717) is 37.8 Å². The van der Waals surface area contributed by atoms with Crippen molar-refractivity contribution in [2.45, 2.75) is 75.5 Å². The molecule has 1 aromatic rings. The van der Waals surface area contributed by atoms with Gasteiger partial charge in [0.25, 0.3) is 0 Å². The molecule has 0 spiro atoms. The molecular formula is C25H37N5O8. The molecule has 2 rings (SSSR count). The van der Waals surface area contributed by atoms with E-state index in [9.17, 15) is 34.2 Å². The number of nitrogens with one attached hydrogen (secondary N) is 2. The Morgan fingerprint density at radius 3 is 2.24 bits per heavy atom. The molecule has 1 aliphatic rings. The van der Waals surface area contributed by atoms with Crippen molar-refractivity contribution in [3.63, 3.8) is 0 Å². The molecule has 38 heavy (non-hydrogen) atoms. The Labute approximate surface area is 220 Å². The highest BCUT2D eigenvalue weighted by atomic mass is 16.4. The second-order valence-electron chi connectivity index (χ2n) is 9.34. The zero-order chi connectivity index (χ0) is 28.2. The number of aliphatic carboxylic acids is 2. The molecular weight excluding hydrogens is 498 g/mol. The molecule has 4 unspecified atom stereocenters. The van der Waals surface area contributed by atoms with Gasteiger partial charge in [0.15, 0.2) is 0 Å². The number of phenols is 1. The third-order valence-electron chi connectivity index (χ3n) is 6.40. The number of unbranched alkanes of at least 4 members (excludes halogenated alkanes) is 1. The number of rotatable bonds is 15. The molecule has 13 nitrogen and oxygen atoms in total. The molecule has 0 bridgehead atoms. The van der Waals surface area contributed by atoms with Gasteiger partial charge in [-0.05, 0) is 62.8 Å². The number of hydrogen-bond acceptors (Lipinski definition) is 8. The van der Waals surface area contributed by atoms with Crippen LogP contribution in [0.25, 0.3) is 0 Å². The number of carboxylic acids is 2. The summed E-state index contributed by atoms with van der Waals surface area (Å²) >= 11 is 0. The van der Waals surface area contributed by atoms with Gasteiger partial charge in [-0.2, -0.15) is 0 Å². The molecule has 0 saturated carbocycles. The second kappa shape index (κ2) is 14.9. The molecule has 0 aromatic heterocycles. The number of benzene rings is 1. The van der Waals surface area contributed by atoms with Crippen molar-refractivity contribution in [1.82, 2.24) is 15.5 Å². The molecule has 1 fully saturated rings. The van der Waals surface area contributed by atoms with Gasteiger partial charge in [-0.3, -0.25) is 19.2 Å². The number of aromatic hydroxyl groups is 1. The summed E-state index contributed by atoms with van der Waals surface area (Å²) in [5.41, 5.74) is 12.0. The molecule has 3 amide bonds. The van der Waals surface area contributed by atoms with Crippen LogP contribution in [0.3, 0.4) is 0 Å². The summed E-state index contributed by atoms with van der Waals surface area (Å²) < 4.78 is 0. The minimum absolute atomic E-state index is 0.00528. The van der Waals surface area contributed by atoms with Crippen LogP contribution in [0.4, 0.5) is 0 Å². The fraction of sp³-hybridized carbons (Fsp3) is 0.560. The van der Waals surface area contributed by atoms with Gasteiger partial charge < -0.3 is 42.3 Å². The Bertz CT molecular complexity index is 986. The van der Waals surface area contributed by atoms with Gasteiger partial charge in [0.05, 0.1) is 6.04 Å². The summed E-state index contributed by atoms with van der Waals surface area (Å²) in [6.45, 7) is 0.634. The highest BCUT2D eigenvalue weighted by Crippen LogP contribution is 2.20. The van der Waals surface area contributed by atoms with Gasteiger partial charge in [0, 0.05) is 19.4 Å². The first kappa shape index (κ1) is 30.5. The predicted octanol–water partition coefficient (Wildman–Crippen LogP) is -0.699. The van der Waals surface area contributed by atoms with Crippen molar-refractivity contribution >= 4 is 29.7 Å². The lowest BCUT2D eigenvalue weighted by Gasteiger charge is -2.29. The molecule has 13 heteroatoms.